The Balaban J connectivity index is 2.18. The highest BCUT2D eigenvalue weighted by Gasteiger charge is 2.22. The molecule has 0 bridgehead atoms. The Hall–Kier alpha value is -0.590. The molecule has 106 valence electrons. The van der Waals surface area contributed by atoms with Gasteiger partial charge in [-0.3, -0.25) is 0 Å². The van der Waals surface area contributed by atoms with Gasteiger partial charge in [-0.15, -0.1) is 0 Å². The van der Waals surface area contributed by atoms with E-state index in [2.05, 4.69) is 20.7 Å². The number of halogens is 1. The smallest absolute Gasteiger partial charge is 0.240 e. The van der Waals surface area contributed by atoms with Gasteiger partial charge in [0.05, 0.1) is 16.5 Å². The normalized spacial score (nSPS) is 17.4. The Morgan fingerprint density at radius 1 is 1.26 bits per heavy atom. The number of nitrogens with one attached hydrogen (secondary N) is 1. The molecular weight excluding hydrogens is 330 g/mol. The van der Waals surface area contributed by atoms with E-state index in [1.807, 2.05) is 0 Å². The molecule has 1 saturated carbocycles. The van der Waals surface area contributed by atoms with Gasteiger partial charge in [-0.2, -0.15) is 0 Å². The first-order valence-electron chi connectivity index (χ1n) is 6.39. The Morgan fingerprint density at radius 2 is 1.95 bits per heavy atom. The summed E-state index contributed by atoms with van der Waals surface area (Å²) < 4.78 is 33.3. The first-order chi connectivity index (χ1) is 9.03. The van der Waals surface area contributed by atoms with Gasteiger partial charge in [-0.1, -0.05) is 19.3 Å². The molecule has 2 rings (SSSR count). The predicted molar refractivity (Wildman–Crippen MR) is 77.9 cm³/mol. The molecule has 6 heteroatoms. The lowest BCUT2D eigenvalue weighted by molar-refractivity contribution is 0.407. The predicted octanol–water partition coefficient (Wildman–Crippen LogP) is 3.07. The summed E-state index contributed by atoms with van der Waals surface area (Å²) in [6.45, 7) is 0. The molecule has 0 radical (unpaired) electrons. The van der Waals surface area contributed by atoms with Crippen LogP contribution >= 0.6 is 15.9 Å². The third-order valence-corrected chi connectivity index (χ3v) is 5.53. The lowest BCUT2D eigenvalue weighted by Gasteiger charge is -2.22. The first kappa shape index (κ1) is 14.8. The third kappa shape index (κ3) is 3.70. The number of hydrogen-bond acceptors (Lipinski definition) is 3. The van der Waals surface area contributed by atoms with Crippen LogP contribution in [0.15, 0.2) is 27.6 Å². The van der Waals surface area contributed by atoms with Gasteiger partial charge in [0.1, 0.15) is 5.75 Å². The van der Waals surface area contributed by atoms with Crippen LogP contribution in [0.1, 0.15) is 32.1 Å². The van der Waals surface area contributed by atoms with Gasteiger partial charge in [0.25, 0.3) is 0 Å². The molecule has 1 N–H and O–H groups in total. The number of benzene rings is 1. The zero-order valence-electron chi connectivity index (χ0n) is 10.9. The van der Waals surface area contributed by atoms with E-state index in [1.165, 1.54) is 19.6 Å². The fourth-order valence-corrected chi connectivity index (χ4v) is 4.04. The summed E-state index contributed by atoms with van der Waals surface area (Å²) >= 11 is 3.32. The van der Waals surface area contributed by atoms with Crippen LogP contribution < -0.4 is 9.46 Å². The molecule has 0 atom stereocenters. The molecule has 0 unspecified atom stereocenters. The van der Waals surface area contributed by atoms with E-state index in [0.717, 1.165) is 30.2 Å². The number of methoxy groups -OCH3 is 1. The SMILES string of the molecule is COc1cc(S(=O)(=O)NC2CCCCC2)ccc1Br. The highest BCUT2D eigenvalue weighted by Crippen LogP contribution is 2.28. The van der Waals surface area contributed by atoms with Crippen molar-refractivity contribution in [1.29, 1.82) is 0 Å². The molecule has 1 aliphatic carbocycles. The molecule has 4 nitrogen and oxygen atoms in total. The molecule has 0 saturated heterocycles. The van der Waals surface area contributed by atoms with Crippen LogP contribution in [0.4, 0.5) is 0 Å². The van der Waals surface area contributed by atoms with Crippen LogP contribution in [-0.4, -0.2) is 21.6 Å². The Kier molecular flexibility index (Phi) is 4.86. The molecule has 1 aromatic carbocycles. The highest BCUT2D eigenvalue weighted by molar-refractivity contribution is 9.10. The lowest BCUT2D eigenvalue weighted by Crippen LogP contribution is -2.36. The first-order valence-corrected chi connectivity index (χ1v) is 8.66. The zero-order valence-corrected chi connectivity index (χ0v) is 13.3. The van der Waals surface area contributed by atoms with E-state index in [0.29, 0.717) is 5.75 Å². The van der Waals surface area contributed by atoms with E-state index < -0.39 is 10.0 Å². The standard InChI is InChI=1S/C13H18BrNO3S/c1-18-13-9-11(7-8-12(13)14)19(16,17)15-10-5-3-2-4-6-10/h7-10,15H,2-6H2,1H3. The molecule has 0 aromatic heterocycles. The van der Waals surface area contributed by atoms with E-state index in [-0.39, 0.29) is 10.9 Å². The van der Waals surface area contributed by atoms with Crippen LogP contribution in [0.2, 0.25) is 0 Å². The average molecular weight is 348 g/mol. The molecule has 19 heavy (non-hydrogen) atoms. The van der Waals surface area contributed by atoms with Crippen LogP contribution in [0.25, 0.3) is 0 Å². The molecule has 1 fully saturated rings. The molecule has 1 aliphatic rings. The van der Waals surface area contributed by atoms with Crippen LogP contribution in [0.5, 0.6) is 5.75 Å². The summed E-state index contributed by atoms with van der Waals surface area (Å²) in [7, 11) is -1.94. The zero-order chi connectivity index (χ0) is 13.9. The maximum Gasteiger partial charge on any atom is 0.240 e. The molecule has 0 heterocycles. The fraction of sp³-hybridized carbons (Fsp3) is 0.538. The topological polar surface area (TPSA) is 55.4 Å². The summed E-state index contributed by atoms with van der Waals surface area (Å²) in [5.41, 5.74) is 0. The Bertz CT molecular complexity index is 539. The average Bonchev–Trinajstić information content (AvgIpc) is 2.39. The quantitative estimate of drug-likeness (QED) is 0.910. The monoisotopic (exact) mass is 347 g/mol. The van der Waals surface area contributed by atoms with Crippen LogP contribution in [0, 0.1) is 0 Å². The second-order valence-electron chi connectivity index (χ2n) is 4.75. The Morgan fingerprint density at radius 3 is 2.58 bits per heavy atom. The van der Waals surface area contributed by atoms with E-state index in [4.69, 9.17) is 4.74 Å². The van der Waals surface area contributed by atoms with Crippen LogP contribution in [0.3, 0.4) is 0 Å². The van der Waals surface area contributed by atoms with Crippen molar-refractivity contribution >= 4 is 26.0 Å². The number of sulfonamides is 1. The van der Waals surface area contributed by atoms with Crippen molar-refractivity contribution in [3.63, 3.8) is 0 Å². The Labute approximate surface area is 122 Å². The molecule has 1 aromatic rings. The minimum absolute atomic E-state index is 0.0633. The van der Waals surface area contributed by atoms with Gasteiger partial charge < -0.3 is 4.74 Å². The van der Waals surface area contributed by atoms with Gasteiger partial charge in [0.2, 0.25) is 10.0 Å². The highest BCUT2D eigenvalue weighted by atomic mass is 79.9. The summed E-state index contributed by atoms with van der Waals surface area (Å²) in [5, 5.41) is 0. The largest absolute Gasteiger partial charge is 0.496 e. The molecule has 0 aliphatic heterocycles. The maximum atomic E-state index is 12.3. The van der Waals surface area contributed by atoms with Crippen molar-refractivity contribution in [1.82, 2.24) is 4.72 Å². The number of ether oxygens (including phenoxy) is 1. The van der Waals surface area contributed by atoms with Crippen molar-refractivity contribution in [3.8, 4) is 5.75 Å². The summed E-state index contributed by atoms with van der Waals surface area (Å²) in [6.07, 6.45) is 5.23. The van der Waals surface area contributed by atoms with Gasteiger partial charge in [0.15, 0.2) is 0 Å². The van der Waals surface area contributed by atoms with Gasteiger partial charge in [0, 0.05) is 12.1 Å². The van der Waals surface area contributed by atoms with E-state index in [9.17, 15) is 8.42 Å². The summed E-state index contributed by atoms with van der Waals surface area (Å²) in [4.78, 5) is 0.248. The maximum absolute atomic E-state index is 12.3. The van der Waals surface area contributed by atoms with Gasteiger partial charge >= 0.3 is 0 Å². The minimum atomic E-state index is -3.46. The third-order valence-electron chi connectivity index (χ3n) is 3.36. The van der Waals surface area contributed by atoms with Gasteiger partial charge in [-0.25, -0.2) is 13.1 Å². The lowest BCUT2D eigenvalue weighted by atomic mass is 9.96. The van der Waals surface area contributed by atoms with Crippen molar-refractivity contribution in [3.05, 3.63) is 22.7 Å². The van der Waals surface area contributed by atoms with Crippen molar-refractivity contribution < 1.29 is 13.2 Å². The fourth-order valence-electron chi connectivity index (χ4n) is 2.32. The summed E-state index contributed by atoms with van der Waals surface area (Å²) in [5.74, 6) is 0.520. The number of rotatable bonds is 4. The van der Waals surface area contributed by atoms with E-state index >= 15 is 0 Å². The summed E-state index contributed by atoms with van der Waals surface area (Å²) in [6, 6.07) is 4.87. The second kappa shape index (κ2) is 6.24. The molecular formula is C13H18BrNO3S. The van der Waals surface area contributed by atoms with Crippen molar-refractivity contribution in [2.45, 2.75) is 43.0 Å². The van der Waals surface area contributed by atoms with Crippen molar-refractivity contribution in [2.75, 3.05) is 7.11 Å². The molecule has 0 amide bonds. The van der Waals surface area contributed by atoms with Crippen molar-refractivity contribution in [2.24, 2.45) is 0 Å². The van der Waals surface area contributed by atoms with Crippen LogP contribution in [-0.2, 0) is 10.0 Å². The number of hydrogen-bond donors (Lipinski definition) is 1. The van der Waals surface area contributed by atoms with E-state index in [1.54, 1.807) is 12.1 Å². The van der Waals surface area contributed by atoms with Gasteiger partial charge in [-0.05, 0) is 40.9 Å². The second-order valence-corrected chi connectivity index (χ2v) is 7.32. The minimum Gasteiger partial charge on any atom is -0.496 e. The molecule has 0 spiro atoms.